The van der Waals surface area contributed by atoms with Crippen molar-refractivity contribution in [2.24, 2.45) is 10.7 Å². The number of methoxy groups -OCH3 is 1. The molecule has 10 heteroatoms. The van der Waals surface area contributed by atoms with Gasteiger partial charge in [-0.15, -0.1) is 11.6 Å². The normalized spacial score (nSPS) is 11.2. The number of aliphatic imine (C=N–C) groups is 1. The molecular formula is C9H9ClN4O5. The standard InChI is InChI=1S/C9H9ClN4O5/c1-19-6-3-2-5(12-7(11)4-10)8(13(15)16)9(6)14(17)18/h2-3H,4H2,1H3,(H2,11,12). The fourth-order valence-corrected chi connectivity index (χ4v) is 1.41. The van der Waals surface area contributed by atoms with E-state index in [1.54, 1.807) is 0 Å². The third-order valence-corrected chi connectivity index (χ3v) is 2.35. The van der Waals surface area contributed by atoms with Crippen LogP contribution < -0.4 is 10.5 Å². The fraction of sp³-hybridized carbons (Fsp3) is 0.222. The van der Waals surface area contributed by atoms with Crippen molar-refractivity contribution in [3.8, 4) is 5.75 Å². The van der Waals surface area contributed by atoms with E-state index in [-0.39, 0.29) is 23.2 Å². The van der Waals surface area contributed by atoms with Gasteiger partial charge >= 0.3 is 11.4 Å². The van der Waals surface area contributed by atoms with E-state index >= 15 is 0 Å². The Morgan fingerprint density at radius 2 is 1.95 bits per heavy atom. The third kappa shape index (κ3) is 3.07. The van der Waals surface area contributed by atoms with Gasteiger partial charge in [0.2, 0.25) is 5.75 Å². The van der Waals surface area contributed by atoms with Gasteiger partial charge < -0.3 is 10.5 Å². The van der Waals surface area contributed by atoms with Crippen LogP contribution in [0.1, 0.15) is 0 Å². The number of nitro groups is 2. The monoisotopic (exact) mass is 288 g/mol. The highest BCUT2D eigenvalue weighted by molar-refractivity contribution is 6.28. The van der Waals surface area contributed by atoms with Crippen molar-refractivity contribution in [3.05, 3.63) is 32.4 Å². The molecule has 1 aromatic carbocycles. The third-order valence-electron chi connectivity index (χ3n) is 2.08. The highest BCUT2D eigenvalue weighted by Crippen LogP contribution is 2.43. The van der Waals surface area contributed by atoms with E-state index in [1.165, 1.54) is 19.2 Å². The molecule has 19 heavy (non-hydrogen) atoms. The number of benzene rings is 1. The van der Waals surface area contributed by atoms with Crippen molar-refractivity contribution < 1.29 is 14.6 Å². The number of nitrogens with two attached hydrogens (primary N) is 1. The van der Waals surface area contributed by atoms with E-state index in [4.69, 9.17) is 22.1 Å². The number of rotatable bonds is 5. The van der Waals surface area contributed by atoms with Crippen LogP contribution in [0.15, 0.2) is 17.1 Å². The van der Waals surface area contributed by atoms with Gasteiger partial charge in [0.1, 0.15) is 5.84 Å². The summed E-state index contributed by atoms with van der Waals surface area (Å²) in [5.74, 6) is -0.485. The van der Waals surface area contributed by atoms with Crippen LogP contribution in [0.3, 0.4) is 0 Å². The van der Waals surface area contributed by atoms with Crippen LogP contribution >= 0.6 is 11.6 Å². The summed E-state index contributed by atoms with van der Waals surface area (Å²) in [5, 5.41) is 21.9. The number of ether oxygens (including phenoxy) is 1. The molecule has 0 radical (unpaired) electrons. The second-order valence-corrected chi connectivity index (χ2v) is 3.50. The van der Waals surface area contributed by atoms with E-state index in [2.05, 4.69) is 4.99 Å². The fourth-order valence-electron chi connectivity index (χ4n) is 1.35. The summed E-state index contributed by atoms with van der Waals surface area (Å²) in [6.45, 7) is 0. The van der Waals surface area contributed by atoms with Gasteiger partial charge in [0.05, 0.1) is 22.8 Å². The molecule has 2 N–H and O–H groups in total. The minimum atomic E-state index is -0.916. The lowest BCUT2D eigenvalue weighted by Crippen LogP contribution is -2.12. The zero-order valence-corrected chi connectivity index (χ0v) is 10.5. The molecule has 0 atom stereocenters. The Morgan fingerprint density at radius 3 is 2.37 bits per heavy atom. The first-order chi connectivity index (χ1) is 8.92. The van der Waals surface area contributed by atoms with Crippen LogP contribution in [-0.2, 0) is 0 Å². The Balaban J connectivity index is 3.63. The first-order valence-electron chi connectivity index (χ1n) is 4.81. The second-order valence-electron chi connectivity index (χ2n) is 3.24. The molecule has 0 aromatic heterocycles. The second kappa shape index (κ2) is 5.96. The summed E-state index contributed by atoms with van der Waals surface area (Å²) in [7, 11) is 1.17. The Morgan fingerprint density at radius 1 is 1.37 bits per heavy atom. The molecular weight excluding hydrogens is 280 g/mol. The molecule has 1 rings (SSSR count). The highest BCUT2D eigenvalue weighted by Gasteiger charge is 2.33. The molecule has 0 bridgehead atoms. The van der Waals surface area contributed by atoms with Crippen molar-refractivity contribution >= 4 is 34.5 Å². The molecule has 0 saturated heterocycles. The summed E-state index contributed by atoms with van der Waals surface area (Å²) < 4.78 is 4.73. The molecule has 102 valence electrons. The van der Waals surface area contributed by atoms with E-state index in [0.717, 1.165) is 0 Å². The molecule has 0 aliphatic carbocycles. The summed E-state index contributed by atoms with van der Waals surface area (Å²) in [5.41, 5.74) is 3.54. The van der Waals surface area contributed by atoms with E-state index in [9.17, 15) is 20.2 Å². The summed E-state index contributed by atoms with van der Waals surface area (Å²) in [6.07, 6.45) is 0. The minimum absolute atomic E-state index is 0.0933. The maximum absolute atomic E-state index is 11.0. The van der Waals surface area contributed by atoms with Crippen molar-refractivity contribution in [2.75, 3.05) is 13.0 Å². The number of halogens is 1. The molecule has 0 aliphatic rings. The Bertz CT molecular complexity index is 560. The van der Waals surface area contributed by atoms with Crippen molar-refractivity contribution in [1.82, 2.24) is 0 Å². The van der Waals surface area contributed by atoms with Crippen LogP contribution in [0.5, 0.6) is 5.75 Å². The van der Waals surface area contributed by atoms with E-state index in [0.29, 0.717) is 0 Å². The Kier molecular flexibility index (Phi) is 4.59. The summed E-state index contributed by atoms with van der Waals surface area (Å²) in [6, 6.07) is 2.40. The van der Waals surface area contributed by atoms with Crippen molar-refractivity contribution in [2.45, 2.75) is 0 Å². The van der Waals surface area contributed by atoms with Gasteiger partial charge in [-0.1, -0.05) is 0 Å². The molecule has 0 spiro atoms. The van der Waals surface area contributed by atoms with Crippen LogP contribution in [0.25, 0.3) is 0 Å². The number of hydrogen-bond donors (Lipinski definition) is 1. The lowest BCUT2D eigenvalue weighted by molar-refractivity contribution is -0.422. The predicted molar refractivity (Wildman–Crippen MR) is 68.3 cm³/mol. The zero-order chi connectivity index (χ0) is 14.6. The van der Waals surface area contributed by atoms with Gasteiger partial charge in [-0.05, 0) is 12.1 Å². The maximum atomic E-state index is 11.0. The first-order valence-corrected chi connectivity index (χ1v) is 5.34. The molecule has 1 aromatic rings. The topological polar surface area (TPSA) is 134 Å². The maximum Gasteiger partial charge on any atom is 0.389 e. The average Bonchev–Trinajstić information content (AvgIpc) is 2.37. The molecule has 9 nitrogen and oxygen atoms in total. The van der Waals surface area contributed by atoms with Crippen LogP contribution in [0.2, 0.25) is 0 Å². The quantitative estimate of drug-likeness (QED) is 0.288. The van der Waals surface area contributed by atoms with E-state index < -0.39 is 21.2 Å². The zero-order valence-electron chi connectivity index (χ0n) is 9.70. The smallest absolute Gasteiger partial charge is 0.389 e. The lowest BCUT2D eigenvalue weighted by atomic mass is 10.2. The van der Waals surface area contributed by atoms with Gasteiger partial charge in [-0.2, -0.15) is 0 Å². The SMILES string of the molecule is COc1ccc(N=C(N)CCl)c([N+](=O)[O-])c1[N+](=O)[O-]. The molecule has 0 fully saturated rings. The van der Waals surface area contributed by atoms with Gasteiger partial charge in [0, 0.05) is 0 Å². The van der Waals surface area contributed by atoms with Gasteiger partial charge in [0.25, 0.3) is 0 Å². The number of nitro benzene ring substituents is 2. The number of amidine groups is 1. The molecule has 0 amide bonds. The summed E-state index contributed by atoms with van der Waals surface area (Å²) in [4.78, 5) is 23.8. The average molecular weight is 289 g/mol. The summed E-state index contributed by atoms with van der Waals surface area (Å²) >= 11 is 5.41. The lowest BCUT2D eigenvalue weighted by Gasteiger charge is -2.04. The predicted octanol–water partition coefficient (Wildman–Crippen LogP) is 1.74. The van der Waals surface area contributed by atoms with Crippen LogP contribution in [0, 0.1) is 20.2 Å². The highest BCUT2D eigenvalue weighted by atomic mass is 35.5. The molecule has 0 aliphatic heterocycles. The number of nitrogens with zero attached hydrogens (tertiary/aromatic N) is 3. The number of alkyl halides is 1. The minimum Gasteiger partial charge on any atom is -0.490 e. The van der Waals surface area contributed by atoms with Crippen LogP contribution in [-0.4, -0.2) is 28.7 Å². The van der Waals surface area contributed by atoms with E-state index in [1.807, 2.05) is 0 Å². The first kappa shape index (κ1) is 14.6. The van der Waals surface area contributed by atoms with Crippen molar-refractivity contribution in [3.63, 3.8) is 0 Å². The Hall–Kier alpha value is -2.42. The van der Waals surface area contributed by atoms with Gasteiger partial charge in [0.15, 0.2) is 5.69 Å². The van der Waals surface area contributed by atoms with Gasteiger partial charge in [-0.25, -0.2) is 4.99 Å². The van der Waals surface area contributed by atoms with Crippen molar-refractivity contribution in [1.29, 1.82) is 0 Å². The van der Waals surface area contributed by atoms with Crippen LogP contribution in [0.4, 0.5) is 17.1 Å². The number of hydrogen-bond acceptors (Lipinski definition) is 6. The molecule has 0 unspecified atom stereocenters. The van der Waals surface area contributed by atoms with Gasteiger partial charge in [-0.3, -0.25) is 20.2 Å². The largest absolute Gasteiger partial charge is 0.490 e. The molecule has 0 saturated carbocycles. The molecule has 0 heterocycles. The Labute approximate surface area is 111 Å².